The molecule has 0 spiro atoms. The van der Waals surface area contributed by atoms with Gasteiger partial charge in [0.1, 0.15) is 0 Å². The van der Waals surface area contributed by atoms with Gasteiger partial charge in [-0.3, -0.25) is 14.4 Å². The van der Waals surface area contributed by atoms with Crippen molar-refractivity contribution in [1.29, 1.82) is 0 Å². The lowest BCUT2D eigenvalue weighted by molar-refractivity contribution is -0.120. The number of aliphatic hydroxyl groups excluding tert-OH is 1. The lowest BCUT2D eigenvalue weighted by atomic mass is 9.87. The maximum absolute atomic E-state index is 13.1. The van der Waals surface area contributed by atoms with Crippen molar-refractivity contribution in [3.05, 3.63) is 58.6 Å². The minimum absolute atomic E-state index is 0.00835. The predicted octanol–water partition coefficient (Wildman–Crippen LogP) is 3.71. The highest BCUT2D eigenvalue weighted by Crippen LogP contribution is 2.28. The number of carbonyl (C=O) groups is 3. The van der Waals surface area contributed by atoms with Gasteiger partial charge in [-0.15, -0.1) is 0 Å². The molecule has 0 fully saturated rings. The van der Waals surface area contributed by atoms with Gasteiger partial charge in [0, 0.05) is 30.2 Å². The second kappa shape index (κ2) is 12.6. The number of hydrogen-bond acceptors (Lipinski definition) is 6. The van der Waals surface area contributed by atoms with Crippen LogP contribution >= 0.6 is 0 Å². The molecule has 1 heterocycles. The molecule has 7 nitrogen and oxygen atoms in total. The molecule has 0 saturated carbocycles. The average Bonchev–Trinajstić information content (AvgIpc) is 2.79. The summed E-state index contributed by atoms with van der Waals surface area (Å²) < 4.78 is 10.8. The Morgan fingerprint density at radius 2 is 1.76 bits per heavy atom. The van der Waals surface area contributed by atoms with Crippen molar-refractivity contribution in [2.45, 2.75) is 65.6 Å². The van der Waals surface area contributed by atoms with E-state index < -0.39 is 23.6 Å². The Morgan fingerprint density at radius 3 is 2.41 bits per heavy atom. The third-order valence-electron chi connectivity index (χ3n) is 6.26. The molecular weight excluding hydrogens is 434 g/mol. The zero-order chi connectivity index (χ0) is 25.4. The van der Waals surface area contributed by atoms with Crippen molar-refractivity contribution in [1.82, 2.24) is 5.32 Å². The molecule has 2 bridgehead atoms. The zero-order valence-electron chi connectivity index (χ0n) is 21.0. The molecule has 7 heteroatoms. The van der Waals surface area contributed by atoms with Crippen LogP contribution in [0.25, 0.3) is 0 Å². The van der Waals surface area contributed by atoms with E-state index >= 15 is 0 Å². The van der Waals surface area contributed by atoms with E-state index in [0.717, 1.165) is 11.6 Å². The van der Waals surface area contributed by atoms with Gasteiger partial charge in [-0.1, -0.05) is 43.7 Å². The SMILES string of the molecule is COC1=C2C[C@@H](C)CC[C@H](O)[C@@H](C)/C=C(\C)C[C@@H](OC)/C=C/C=C(\C)C(=O)NC(=CC1=O)C2=O. The van der Waals surface area contributed by atoms with Crippen LogP contribution in [0.2, 0.25) is 0 Å². The Kier molecular flexibility index (Phi) is 10.2. The van der Waals surface area contributed by atoms with Gasteiger partial charge >= 0.3 is 0 Å². The van der Waals surface area contributed by atoms with Gasteiger partial charge in [-0.05, 0) is 45.4 Å². The van der Waals surface area contributed by atoms with E-state index in [1.807, 2.05) is 26.8 Å². The molecule has 0 aromatic carbocycles. The molecule has 2 aliphatic rings. The first-order valence-corrected chi connectivity index (χ1v) is 11.7. The zero-order valence-corrected chi connectivity index (χ0v) is 21.0. The van der Waals surface area contributed by atoms with Crippen LogP contribution in [0.15, 0.2) is 58.6 Å². The second-order valence-electron chi connectivity index (χ2n) is 9.26. The van der Waals surface area contributed by atoms with E-state index in [-0.39, 0.29) is 35.0 Å². The molecule has 1 aliphatic carbocycles. The Hall–Kier alpha value is -2.77. The normalized spacial score (nSPS) is 32.2. The van der Waals surface area contributed by atoms with Crippen LogP contribution in [-0.2, 0) is 23.9 Å². The van der Waals surface area contributed by atoms with Gasteiger partial charge in [0.15, 0.2) is 5.76 Å². The van der Waals surface area contributed by atoms with Gasteiger partial charge in [0.25, 0.3) is 5.91 Å². The average molecular weight is 472 g/mol. The highest BCUT2D eigenvalue weighted by molar-refractivity contribution is 6.23. The van der Waals surface area contributed by atoms with E-state index in [4.69, 9.17) is 9.47 Å². The van der Waals surface area contributed by atoms with Crippen LogP contribution < -0.4 is 5.32 Å². The summed E-state index contributed by atoms with van der Waals surface area (Å²) in [6, 6.07) is 0. The number of methoxy groups -OCH3 is 2. The molecule has 0 unspecified atom stereocenters. The summed E-state index contributed by atoms with van der Waals surface area (Å²) in [6.07, 6.45) is 9.87. The summed E-state index contributed by atoms with van der Waals surface area (Å²) in [5, 5.41) is 13.3. The number of ether oxygens (including phenoxy) is 2. The molecule has 0 aromatic heterocycles. The highest BCUT2D eigenvalue weighted by atomic mass is 16.5. The number of aliphatic hydroxyl groups is 1. The first-order chi connectivity index (χ1) is 16.1. The first-order valence-electron chi connectivity index (χ1n) is 11.7. The summed E-state index contributed by atoms with van der Waals surface area (Å²) in [7, 11) is 2.98. The van der Waals surface area contributed by atoms with E-state index in [1.165, 1.54) is 7.11 Å². The van der Waals surface area contributed by atoms with Crippen molar-refractivity contribution in [3.8, 4) is 0 Å². The third-order valence-corrected chi connectivity index (χ3v) is 6.26. The number of ketones is 2. The quantitative estimate of drug-likeness (QED) is 0.470. The molecule has 4 atom stereocenters. The minimum atomic E-state index is -0.532. The fraction of sp³-hybridized carbons (Fsp3) is 0.519. The summed E-state index contributed by atoms with van der Waals surface area (Å²) in [4.78, 5) is 38.4. The fourth-order valence-electron chi connectivity index (χ4n) is 4.14. The highest BCUT2D eigenvalue weighted by Gasteiger charge is 2.31. The smallest absolute Gasteiger partial charge is 0.251 e. The molecule has 0 radical (unpaired) electrons. The lowest BCUT2D eigenvalue weighted by Gasteiger charge is -2.22. The Labute approximate surface area is 202 Å². The number of rotatable bonds is 2. The Morgan fingerprint density at radius 1 is 1.06 bits per heavy atom. The monoisotopic (exact) mass is 471 g/mol. The van der Waals surface area contributed by atoms with Gasteiger partial charge in [0.2, 0.25) is 11.6 Å². The van der Waals surface area contributed by atoms with E-state index in [2.05, 4.69) is 11.4 Å². The van der Waals surface area contributed by atoms with E-state index in [1.54, 1.807) is 26.2 Å². The molecule has 186 valence electrons. The Bertz CT molecular complexity index is 952. The van der Waals surface area contributed by atoms with Gasteiger partial charge in [-0.2, -0.15) is 0 Å². The molecule has 34 heavy (non-hydrogen) atoms. The van der Waals surface area contributed by atoms with Gasteiger partial charge in [-0.25, -0.2) is 0 Å². The second-order valence-corrected chi connectivity index (χ2v) is 9.26. The summed E-state index contributed by atoms with van der Waals surface area (Å²) in [5.74, 6) is -1.36. The van der Waals surface area contributed by atoms with E-state index in [9.17, 15) is 19.5 Å². The molecule has 0 saturated heterocycles. The van der Waals surface area contributed by atoms with E-state index in [0.29, 0.717) is 31.3 Å². The number of hydrogen-bond donors (Lipinski definition) is 2. The molecular formula is C27H37NO6. The van der Waals surface area contributed by atoms with Crippen LogP contribution in [0.4, 0.5) is 0 Å². The van der Waals surface area contributed by atoms with Crippen LogP contribution in [0, 0.1) is 11.8 Å². The maximum atomic E-state index is 13.1. The van der Waals surface area contributed by atoms with Crippen LogP contribution in [0.3, 0.4) is 0 Å². The van der Waals surface area contributed by atoms with Crippen LogP contribution in [0.1, 0.15) is 53.4 Å². The molecule has 0 aromatic rings. The summed E-state index contributed by atoms with van der Waals surface area (Å²) >= 11 is 0. The van der Waals surface area contributed by atoms with Crippen molar-refractivity contribution >= 4 is 17.5 Å². The fourth-order valence-corrected chi connectivity index (χ4v) is 4.14. The van der Waals surface area contributed by atoms with Crippen LogP contribution in [-0.4, -0.2) is 49.0 Å². The molecule has 1 aliphatic heterocycles. The number of carbonyl (C=O) groups excluding carboxylic acids is 3. The summed E-state index contributed by atoms with van der Waals surface area (Å²) in [5.41, 5.74) is 1.67. The number of Topliss-reactive ketones (excluding diaryl/α,β-unsaturated/α-hetero) is 1. The number of fused-ring (bicyclic) bond motifs is 2. The van der Waals surface area contributed by atoms with Crippen molar-refractivity contribution in [2.24, 2.45) is 11.8 Å². The lowest BCUT2D eigenvalue weighted by Crippen LogP contribution is -2.33. The Balaban J connectivity index is 2.41. The topological polar surface area (TPSA) is 102 Å². The number of allylic oxidation sites excluding steroid dienone is 4. The standard InChI is InChI=1S/C27H37NO6/c1-16-10-11-23(29)19(4)12-17(2)13-20(33-5)9-7-8-18(3)27(32)28-22-15-24(30)26(34-6)21(14-16)25(22)31/h7-9,12,15-16,19-20,23,29H,10-11,13-14H2,1-6H3,(H,28,32)/b9-7+,17-12+,18-8+/t16-,19-,20-,23-/m0/s1. The molecule has 2 N–H and O–H groups in total. The predicted molar refractivity (Wildman–Crippen MR) is 131 cm³/mol. The van der Waals surface area contributed by atoms with Gasteiger partial charge < -0.3 is 19.9 Å². The largest absolute Gasteiger partial charge is 0.492 e. The van der Waals surface area contributed by atoms with Gasteiger partial charge in [0.05, 0.1) is 25.0 Å². The number of amides is 1. The maximum Gasteiger partial charge on any atom is 0.251 e. The number of nitrogens with one attached hydrogen (secondary N) is 1. The van der Waals surface area contributed by atoms with Crippen molar-refractivity contribution < 1.29 is 29.0 Å². The molecule has 2 rings (SSSR count). The third kappa shape index (κ3) is 7.37. The van der Waals surface area contributed by atoms with Crippen molar-refractivity contribution in [3.63, 3.8) is 0 Å². The van der Waals surface area contributed by atoms with Crippen molar-refractivity contribution in [2.75, 3.05) is 14.2 Å². The first kappa shape index (κ1) is 27.5. The summed E-state index contributed by atoms with van der Waals surface area (Å²) in [6.45, 7) is 7.59. The minimum Gasteiger partial charge on any atom is -0.492 e. The van der Waals surface area contributed by atoms with Crippen LogP contribution in [0.5, 0.6) is 0 Å². The molecule has 1 amide bonds.